The highest BCUT2D eigenvalue weighted by Crippen LogP contribution is 2.55. The molecule has 24 nitrogen and oxygen atoms in total. The zero-order valence-corrected chi connectivity index (χ0v) is 39.3. The topological polar surface area (TPSA) is 283 Å². The van der Waals surface area contributed by atoms with Crippen molar-refractivity contribution in [3.05, 3.63) is 126 Å². The Bertz CT molecular complexity index is 2680. The Balaban J connectivity index is 1.03. The highest BCUT2D eigenvalue weighted by molar-refractivity contribution is 7.47. The van der Waals surface area contributed by atoms with E-state index >= 15 is 0 Å². The number of halogens is 2. The number of aromatic nitrogens is 4. The minimum absolute atomic E-state index is 0.0693. The van der Waals surface area contributed by atoms with Crippen LogP contribution >= 0.6 is 15.6 Å². The Morgan fingerprint density at radius 2 is 0.986 bits per heavy atom. The Morgan fingerprint density at radius 1 is 0.614 bits per heavy atom. The second-order valence-corrected chi connectivity index (χ2v) is 19.9. The van der Waals surface area contributed by atoms with Crippen LogP contribution in [0.3, 0.4) is 0 Å². The van der Waals surface area contributed by atoms with Gasteiger partial charge in [-0.15, -0.1) is 0 Å². The number of aromatic amines is 2. The number of benzene rings is 2. The fraction of sp³-hybridized carbons (Fsp3) is 0.524. The smallest absolute Gasteiger partial charge is 0.369 e. The lowest BCUT2D eigenvalue weighted by Gasteiger charge is -2.44. The number of H-pyrrole nitrogens is 2. The van der Waals surface area contributed by atoms with Crippen molar-refractivity contribution in [1.82, 2.24) is 19.1 Å². The second-order valence-electron chi connectivity index (χ2n) is 17.1. The van der Waals surface area contributed by atoms with Crippen LogP contribution in [-0.2, 0) is 55.6 Å². The standard InChI is InChI=1S/C42H50F2N6O18P2/c1-59-41(13-19-47(20-14-41)27-9-5-3-7-25(27)43)65-35-33-29(63-37(35)49-17-11-31(51)45-39(49)53)23-61-70(57,58)68-34-30(24-62-69(55,56)67-33)64-38(50-18-12-32(52)46-40(50)54)36(34)66-42(60-2)15-21-48(22-16-42)28-10-6-4-8-26(28)44/h3-12,17-18,29-30,33-38H,13-16,19-24H2,1-2H3,(H,55,56)(H,57,58)(H,45,51,53)(H,46,52,54)/t29-,30-,33-,34-,35-,36-,37-,38-/m1/s1. The molecule has 5 aliphatic heterocycles. The molecular formula is C42H50F2N6O18P2. The average Bonchev–Trinajstić information content (AvgIpc) is 3.82. The number of fused-ring (bicyclic) bond motifs is 2. The van der Waals surface area contributed by atoms with Crippen LogP contribution < -0.4 is 32.3 Å². The van der Waals surface area contributed by atoms with Crippen molar-refractivity contribution in [2.45, 2.75) is 86.3 Å². The molecule has 9 rings (SSSR count). The monoisotopic (exact) mass is 1030 g/mol. The molecule has 0 bridgehead atoms. The number of phosphoric acid groups is 2. The average molecular weight is 1030 g/mol. The number of nitrogens with zero attached hydrogens (tertiary/aromatic N) is 4. The van der Waals surface area contributed by atoms with Gasteiger partial charge in [-0.2, -0.15) is 0 Å². The first-order valence-corrected chi connectivity index (χ1v) is 25.1. The first kappa shape index (κ1) is 50.2. The molecular weight excluding hydrogens is 976 g/mol. The summed E-state index contributed by atoms with van der Waals surface area (Å²) in [6, 6.07) is 14.3. The van der Waals surface area contributed by atoms with Crippen molar-refractivity contribution < 1.29 is 74.2 Å². The summed E-state index contributed by atoms with van der Waals surface area (Å²) < 4.78 is 120. The van der Waals surface area contributed by atoms with Gasteiger partial charge in [0.05, 0.1) is 24.6 Å². The number of hydrogen-bond donors (Lipinski definition) is 4. The van der Waals surface area contributed by atoms with E-state index in [1.54, 1.807) is 46.2 Å². The van der Waals surface area contributed by atoms with Crippen LogP contribution in [0.5, 0.6) is 0 Å². The number of phosphoric ester groups is 2. The molecule has 2 unspecified atom stereocenters. The van der Waals surface area contributed by atoms with Crippen molar-refractivity contribution in [3.63, 3.8) is 0 Å². The summed E-state index contributed by atoms with van der Waals surface area (Å²) in [5, 5.41) is 0. The molecule has 0 amide bonds. The number of nitrogens with one attached hydrogen (secondary N) is 2. The van der Waals surface area contributed by atoms with Gasteiger partial charge in [-0.1, -0.05) is 24.3 Å². The van der Waals surface area contributed by atoms with E-state index in [-0.39, 0.29) is 51.9 Å². The van der Waals surface area contributed by atoms with Crippen molar-refractivity contribution >= 4 is 27.0 Å². The van der Waals surface area contributed by atoms with E-state index in [9.17, 15) is 46.9 Å². The minimum Gasteiger partial charge on any atom is -0.369 e. The molecule has 5 fully saturated rings. The summed E-state index contributed by atoms with van der Waals surface area (Å²) in [7, 11) is -8.05. The zero-order valence-electron chi connectivity index (χ0n) is 37.5. The van der Waals surface area contributed by atoms with Gasteiger partial charge in [0.1, 0.15) is 48.3 Å². The van der Waals surface area contributed by atoms with E-state index in [1.807, 2.05) is 0 Å². The van der Waals surface area contributed by atoms with Crippen molar-refractivity contribution in [2.24, 2.45) is 0 Å². The molecule has 28 heteroatoms. The van der Waals surface area contributed by atoms with Gasteiger partial charge in [0, 0.05) is 90.6 Å². The number of ether oxygens (including phenoxy) is 6. The van der Waals surface area contributed by atoms with Gasteiger partial charge in [0.25, 0.3) is 11.1 Å². The predicted octanol–water partition coefficient (Wildman–Crippen LogP) is 2.23. The molecule has 0 saturated carbocycles. The number of hydrogen-bond acceptors (Lipinski definition) is 18. The van der Waals surface area contributed by atoms with Crippen LogP contribution in [0.25, 0.3) is 0 Å². The molecule has 0 aliphatic carbocycles. The van der Waals surface area contributed by atoms with E-state index in [0.29, 0.717) is 11.4 Å². The largest absolute Gasteiger partial charge is 0.472 e. The van der Waals surface area contributed by atoms with Crippen LogP contribution in [0.2, 0.25) is 0 Å². The van der Waals surface area contributed by atoms with Gasteiger partial charge in [-0.05, 0) is 24.3 Å². The lowest BCUT2D eigenvalue weighted by Crippen LogP contribution is -2.53. The molecule has 5 saturated heterocycles. The second kappa shape index (κ2) is 20.0. The summed E-state index contributed by atoms with van der Waals surface area (Å²) in [6.07, 6.45) is -10.8. The third kappa shape index (κ3) is 10.4. The number of piperidine rings is 2. The fourth-order valence-electron chi connectivity index (χ4n) is 9.43. The van der Waals surface area contributed by atoms with Crippen molar-refractivity contribution in [2.75, 3.05) is 63.4 Å². The van der Waals surface area contributed by atoms with Crippen LogP contribution in [0, 0.1) is 11.6 Å². The molecule has 10 atom stereocenters. The van der Waals surface area contributed by atoms with Crippen LogP contribution in [0.15, 0.2) is 92.2 Å². The third-order valence-corrected chi connectivity index (χ3v) is 15.0. The molecule has 2 aromatic heterocycles. The summed E-state index contributed by atoms with van der Waals surface area (Å²) in [4.78, 5) is 81.7. The van der Waals surface area contributed by atoms with Gasteiger partial charge in [0.2, 0.25) is 0 Å². The number of para-hydroxylation sites is 2. The first-order chi connectivity index (χ1) is 33.4. The van der Waals surface area contributed by atoms with E-state index < -0.39 is 124 Å². The maximum atomic E-state index is 14.8. The maximum Gasteiger partial charge on any atom is 0.472 e. The Labute approximate surface area is 395 Å². The Morgan fingerprint density at radius 3 is 1.33 bits per heavy atom. The van der Waals surface area contributed by atoms with E-state index in [2.05, 4.69) is 9.97 Å². The zero-order chi connectivity index (χ0) is 49.6. The molecule has 2 aromatic carbocycles. The number of anilines is 2. The summed E-state index contributed by atoms with van der Waals surface area (Å²) in [5.41, 5.74) is -2.88. The third-order valence-electron chi connectivity index (χ3n) is 13.0. The summed E-state index contributed by atoms with van der Waals surface area (Å²) in [6.45, 7) is -1.15. The van der Waals surface area contributed by atoms with Gasteiger partial charge in [0.15, 0.2) is 24.0 Å². The van der Waals surface area contributed by atoms with Gasteiger partial charge >= 0.3 is 27.0 Å². The van der Waals surface area contributed by atoms with Crippen LogP contribution in [0.4, 0.5) is 20.2 Å². The normalized spacial score (nSPS) is 32.4. The highest BCUT2D eigenvalue weighted by Gasteiger charge is 2.58. The Hall–Kier alpha value is -4.76. The molecule has 4 N–H and O–H groups in total. The van der Waals surface area contributed by atoms with Gasteiger partial charge in [-0.3, -0.25) is 46.8 Å². The first-order valence-electron chi connectivity index (χ1n) is 22.1. The lowest BCUT2D eigenvalue weighted by molar-refractivity contribution is -0.275. The van der Waals surface area contributed by atoms with Gasteiger partial charge in [-0.25, -0.2) is 27.5 Å². The molecule has 0 radical (unpaired) electrons. The fourth-order valence-corrected chi connectivity index (χ4v) is 11.3. The SMILES string of the molecule is COC1(O[C@@H]2[C@@H]3OP(=O)(O)OC[C@H]4O[C@@H](n5ccc(=O)[nH]c5=O)[C@H](OC5(OC)CCN(c6ccccc6F)CC5)[C@@H]4OP(=O)(O)OC[C@H]3O[C@H]2n2ccc(=O)[nH]c2=O)CCN(c2ccccc2F)CC1. The maximum absolute atomic E-state index is 14.8. The molecule has 380 valence electrons. The van der Waals surface area contributed by atoms with E-state index in [1.165, 1.54) is 26.4 Å². The number of methoxy groups -OCH3 is 2. The summed E-state index contributed by atoms with van der Waals surface area (Å²) >= 11 is 0. The highest BCUT2D eigenvalue weighted by atomic mass is 31.2. The predicted molar refractivity (Wildman–Crippen MR) is 237 cm³/mol. The van der Waals surface area contributed by atoms with Gasteiger partial charge < -0.3 is 48.0 Å². The molecule has 70 heavy (non-hydrogen) atoms. The molecule has 5 aliphatic rings. The minimum atomic E-state index is -5.36. The number of rotatable bonds is 10. The molecule has 7 heterocycles. The molecule has 0 spiro atoms. The lowest BCUT2D eigenvalue weighted by atomic mass is 10.0. The van der Waals surface area contributed by atoms with Crippen molar-refractivity contribution in [1.29, 1.82) is 0 Å². The van der Waals surface area contributed by atoms with E-state index in [4.69, 9.17) is 46.5 Å². The van der Waals surface area contributed by atoms with E-state index in [0.717, 1.165) is 33.7 Å². The quantitative estimate of drug-likeness (QED) is 0.131. The Kier molecular flexibility index (Phi) is 14.4. The summed E-state index contributed by atoms with van der Waals surface area (Å²) in [5.74, 6) is -4.00. The van der Waals surface area contributed by atoms with Crippen molar-refractivity contribution in [3.8, 4) is 0 Å². The molecule has 4 aromatic rings. The van der Waals surface area contributed by atoms with Crippen LogP contribution in [-0.4, -0.2) is 131 Å². The van der Waals surface area contributed by atoms with Crippen LogP contribution in [0.1, 0.15) is 38.1 Å².